The van der Waals surface area contributed by atoms with E-state index in [-0.39, 0.29) is 18.9 Å². The molecule has 0 aromatic carbocycles. The quantitative estimate of drug-likeness (QED) is 0.0977. The molecular weight excluding hydrogens is 398 g/mol. The van der Waals surface area contributed by atoms with Crippen molar-refractivity contribution in [3.05, 3.63) is 0 Å². The minimum absolute atomic E-state index is 0.0719. The number of aliphatic imine (C=N–C) groups is 1. The Labute approximate surface area is 174 Å². The molecule has 30 heavy (non-hydrogen) atoms. The minimum Gasteiger partial charge on any atom is -0.480 e. The lowest BCUT2D eigenvalue weighted by Crippen LogP contribution is -2.57. The minimum atomic E-state index is -1.31. The summed E-state index contributed by atoms with van der Waals surface area (Å²) in [4.78, 5) is 53.2. The first-order chi connectivity index (χ1) is 14.1. The fourth-order valence-electron chi connectivity index (χ4n) is 3.03. The predicted octanol–water partition coefficient (Wildman–Crippen LogP) is -3.58. The van der Waals surface area contributed by atoms with Crippen LogP contribution in [0, 0.1) is 0 Å². The zero-order chi connectivity index (χ0) is 22.8. The standard InChI is InChI=1S/C17H31N7O6/c1-9(15(28)24-7-3-5-12(24)16(29)30)22-14(27)11(8-25)23-13(26)10(18)4-2-6-21-17(19)20/h9-12,25H,2-8,18H2,1H3,(H,22,27)(H,23,26)(H,29,30)(H4,19,20,21)/t9-,10-,11-,12-/m0/s1. The molecule has 1 heterocycles. The van der Waals surface area contributed by atoms with Gasteiger partial charge in [0.05, 0.1) is 12.6 Å². The summed E-state index contributed by atoms with van der Waals surface area (Å²) < 4.78 is 0. The second-order valence-corrected chi connectivity index (χ2v) is 7.06. The number of carboxylic acids is 1. The van der Waals surface area contributed by atoms with E-state index < -0.39 is 54.5 Å². The van der Waals surface area contributed by atoms with Crippen LogP contribution >= 0.6 is 0 Å². The molecule has 0 aliphatic carbocycles. The van der Waals surface area contributed by atoms with Crippen LogP contribution in [0.2, 0.25) is 0 Å². The highest BCUT2D eigenvalue weighted by Crippen LogP contribution is 2.18. The average molecular weight is 429 g/mol. The van der Waals surface area contributed by atoms with Gasteiger partial charge in [0, 0.05) is 13.1 Å². The van der Waals surface area contributed by atoms with Crippen LogP contribution in [0.4, 0.5) is 0 Å². The number of rotatable bonds is 11. The number of aliphatic hydroxyl groups is 1. The van der Waals surface area contributed by atoms with Crippen LogP contribution in [-0.2, 0) is 19.2 Å². The molecular formula is C17H31N7O6. The molecule has 3 amide bonds. The van der Waals surface area contributed by atoms with Crippen LogP contribution in [0.25, 0.3) is 0 Å². The van der Waals surface area contributed by atoms with E-state index >= 15 is 0 Å². The SMILES string of the molecule is C[C@H](NC(=O)[C@H](CO)NC(=O)[C@@H](N)CCCN=C(N)N)C(=O)N1CCC[C@H]1C(=O)O. The third-order valence-electron chi connectivity index (χ3n) is 4.67. The summed E-state index contributed by atoms with van der Waals surface area (Å²) in [5, 5.41) is 23.3. The zero-order valence-electron chi connectivity index (χ0n) is 16.9. The third kappa shape index (κ3) is 7.48. The summed E-state index contributed by atoms with van der Waals surface area (Å²) >= 11 is 0. The van der Waals surface area contributed by atoms with E-state index in [0.717, 1.165) is 0 Å². The molecule has 0 bridgehead atoms. The maximum Gasteiger partial charge on any atom is 0.326 e. The monoisotopic (exact) mass is 429 g/mol. The van der Waals surface area contributed by atoms with Gasteiger partial charge in [-0.25, -0.2) is 4.79 Å². The summed E-state index contributed by atoms with van der Waals surface area (Å²) in [5.74, 6) is -3.16. The zero-order valence-corrected chi connectivity index (χ0v) is 16.9. The van der Waals surface area contributed by atoms with Crippen molar-refractivity contribution in [2.45, 2.75) is 56.8 Å². The second-order valence-electron chi connectivity index (χ2n) is 7.06. The summed E-state index contributed by atoms with van der Waals surface area (Å²) in [5.41, 5.74) is 16.2. The lowest BCUT2D eigenvalue weighted by Gasteiger charge is -2.26. The Balaban J connectivity index is 2.56. The molecule has 0 unspecified atom stereocenters. The second kappa shape index (κ2) is 11.9. The van der Waals surface area contributed by atoms with Crippen LogP contribution in [0.5, 0.6) is 0 Å². The fraction of sp³-hybridized carbons (Fsp3) is 0.706. The molecule has 13 heteroatoms. The normalized spacial score (nSPS) is 18.8. The highest BCUT2D eigenvalue weighted by molar-refractivity contribution is 5.94. The van der Waals surface area contributed by atoms with E-state index in [4.69, 9.17) is 17.2 Å². The van der Waals surface area contributed by atoms with Gasteiger partial charge in [0.2, 0.25) is 17.7 Å². The Morgan fingerprint density at radius 2 is 1.87 bits per heavy atom. The van der Waals surface area contributed by atoms with Gasteiger partial charge in [-0.05, 0) is 32.6 Å². The first-order valence-corrected chi connectivity index (χ1v) is 9.64. The first-order valence-electron chi connectivity index (χ1n) is 9.64. The molecule has 10 N–H and O–H groups in total. The number of carbonyl (C=O) groups is 4. The maximum absolute atomic E-state index is 12.5. The number of hydrogen-bond acceptors (Lipinski definition) is 7. The number of likely N-dealkylation sites (tertiary alicyclic amines) is 1. The van der Waals surface area contributed by atoms with Crippen molar-refractivity contribution >= 4 is 29.7 Å². The van der Waals surface area contributed by atoms with E-state index in [9.17, 15) is 29.4 Å². The Morgan fingerprint density at radius 3 is 2.43 bits per heavy atom. The molecule has 4 atom stereocenters. The molecule has 1 aliphatic heterocycles. The van der Waals surface area contributed by atoms with Crippen molar-refractivity contribution < 1.29 is 29.4 Å². The third-order valence-corrected chi connectivity index (χ3v) is 4.67. The number of nitrogens with one attached hydrogen (secondary N) is 2. The molecule has 0 aromatic rings. The van der Waals surface area contributed by atoms with Gasteiger partial charge in [-0.3, -0.25) is 19.4 Å². The number of amides is 3. The van der Waals surface area contributed by atoms with E-state index in [0.29, 0.717) is 25.8 Å². The van der Waals surface area contributed by atoms with Crippen molar-refractivity contribution in [1.82, 2.24) is 15.5 Å². The lowest BCUT2D eigenvalue weighted by molar-refractivity contribution is -0.149. The van der Waals surface area contributed by atoms with Crippen molar-refractivity contribution in [2.24, 2.45) is 22.2 Å². The Hall–Kier alpha value is -2.93. The van der Waals surface area contributed by atoms with Crippen molar-refractivity contribution in [3.63, 3.8) is 0 Å². The summed E-state index contributed by atoms with van der Waals surface area (Å²) in [7, 11) is 0. The summed E-state index contributed by atoms with van der Waals surface area (Å²) in [6.45, 7) is 1.27. The van der Waals surface area contributed by atoms with Gasteiger partial charge >= 0.3 is 5.97 Å². The number of carbonyl (C=O) groups excluding carboxylic acids is 3. The smallest absolute Gasteiger partial charge is 0.326 e. The number of carboxylic acid groups (broad SMARTS) is 1. The topological polar surface area (TPSA) is 226 Å². The number of aliphatic carboxylic acids is 1. The van der Waals surface area contributed by atoms with Crippen LogP contribution in [0.15, 0.2) is 4.99 Å². The van der Waals surface area contributed by atoms with Crippen LogP contribution in [0.3, 0.4) is 0 Å². The molecule has 1 rings (SSSR count). The van der Waals surface area contributed by atoms with Gasteiger partial charge in [0.15, 0.2) is 5.96 Å². The molecule has 0 aromatic heterocycles. The molecule has 1 aliphatic rings. The predicted molar refractivity (Wildman–Crippen MR) is 107 cm³/mol. The largest absolute Gasteiger partial charge is 0.480 e. The van der Waals surface area contributed by atoms with E-state index in [1.807, 2.05) is 0 Å². The van der Waals surface area contributed by atoms with Gasteiger partial charge in [0.25, 0.3) is 0 Å². The Bertz CT molecular complexity index is 667. The fourth-order valence-corrected chi connectivity index (χ4v) is 3.03. The molecule has 0 radical (unpaired) electrons. The maximum atomic E-state index is 12.5. The lowest BCUT2D eigenvalue weighted by atomic mass is 10.1. The van der Waals surface area contributed by atoms with Gasteiger partial charge in [-0.15, -0.1) is 0 Å². The Morgan fingerprint density at radius 1 is 1.20 bits per heavy atom. The van der Waals surface area contributed by atoms with Gasteiger partial charge in [0.1, 0.15) is 18.1 Å². The van der Waals surface area contributed by atoms with E-state index in [2.05, 4.69) is 15.6 Å². The number of nitrogens with two attached hydrogens (primary N) is 3. The van der Waals surface area contributed by atoms with E-state index in [1.165, 1.54) is 11.8 Å². The van der Waals surface area contributed by atoms with Gasteiger partial charge < -0.3 is 42.9 Å². The highest BCUT2D eigenvalue weighted by Gasteiger charge is 2.36. The highest BCUT2D eigenvalue weighted by atomic mass is 16.4. The summed E-state index contributed by atoms with van der Waals surface area (Å²) in [6, 6.07) is -4.22. The number of hydrogen-bond donors (Lipinski definition) is 7. The van der Waals surface area contributed by atoms with Gasteiger partial charge in [-0.2, -0.15) is 0 Å². The number of nitrogens with zero attached hydrogens (tertiary/aromatic N) is 2. The van der Waals surface area contributed by atoms with Crippen molar-refractivity contribution in [1.29, 1.82) is 0 Å². The molecule has 1 saturated heterocycles. The molecule has 1 fully saturated rings. The Kier molecular flexibility index (Phi) is 9.98. The molecule has 13 nitrogen and oxygen atoms in total. The molecule has 170 valence electrons. The first kappa shape index (κ1) is 25.1. The van der Waals surface area contributed by atoms with Crippen molar-refractivity contribution in [3.8, 4) is 0 Å². The van der Waals surface area contributed by atoms with Crippen LogP contribution in [-0.4, -0.2) is 88.6 Å². The number of aliphatic hydroxyl groups excluding tert-OH is 1. The van der Waals surface area contributed by atoms with Gasteiger partial charge in [-0.1, -0.05) is 0 Å². The molecule has 0 saturated carbocycles. The number of guanidine groups is 1. The van der Waals surface area contributed by atoms with Crippen LogP contribution < -0.4 is 27.8 Å². The summed E-state index contributed by atoms with van der Waals surface area (Å²) in [6.07, 6.45) is 1.59. The average Bonchev–Trinajstić information content (AvgIpc) is 3.18. The van der Waals surface area contributed by atoms with Crippen molar-refractivity contribution in [2.75, 3.05) is 19.7 Å². The molecule has 0 spiro atoms. The van der Waals surface area contributed by atoms with Crippen LogP contribution in [0.1, 0.15) is 32.6 Å². The van der Waals surface area contributed by atoms with E-state index in [1.54, 1.807) is 0 Å².